The molecule has 0 spiro atoms. The number of nitrogens with one attached hydrogen (secondary N) is 2. The molecule has 1 saturated heterocycles. The van der Waals surface area contributed by atoms with Crippen molar-refractivity contribution in [2.45, 2.75) is 82.7 Å². The van der Waals surface area contributed by atoms with E-state index >= 15 is 0 Å². The van der Waals surface area contributed by atoms with Crippen LogP contribution >= 0.6 is 0 Å². The lowest BCUT2D eigenvalue weighted by molar-refractivity contribution is -0.280. The van der Waals surface area contributed by atoms with Crippen molar-refractivity contribution in [3.05, 3.63) is 0 Å². The maximum absolute atomic E-state index is 11.5. The molecule has 0 unspecified atom stereocenters. The molecule has 0 aromatic carbocycles. The molecule has 0 saturated carbocycles. The van der Waals surface area contributed by atoms with Crippen molar-refractivity contribution in [2.24, 2.45) is 0 Å². The summed E-state index contributed by atoms with van der Waals surface area (Å²) in [6, 6.07) is -1.99. The summed E-state index contributed by atoms with van der Waals surface area (Å²) in [5, 5.41) is 54.4. The molecule has 0 radical (unpaired) electrons. The van der Waals surface area contributed by atoms with Gasteiger partial charge in [0.2, 0.25) is 11.8 Å². The molecule has 27 heavy (non-hydrogen) atoms. The predicted molar refractivity (Wildman–Crippen MR) is 91.2 cm³/mol. The zero-order valence-electron chi connectivity index (χ0n) is 15.8. The van der Waals surface area contributed by atoms with E-state index in [0.717, 1.165) is 0 Å². The fourth-order valence-electron chi connectivity index (χ4n) is 2.92. The Morgan fingerprint density at radius 3 is 2.07 bits per heavy atom. The van der Waals surface area contributed by atoms with Crippen molar-refractivity contribution >= 4 is 11.8 Å². The minimum atomic E-state index is -1.57. The molecule has 1 aliphatic heterocycles. The molecule has 1 heterocycles. The monoisotopic (exact) mass is 394 g/mol. The Kier molecular flexibility index (Phi) is 9.02. The van der Waals surface area contributed by atoms with E-state index in [1.807, 2.05) is 0 Å². The molecule has 11 heteroatoms. The van der Waals surface area contributed by atoms with Gasteiger partial charge in [-0.05, 0) is 13.8 Å². The quantitative estimate of drug-likeness (QED) is 0.221. The number of carbonyl (C=O) groups excluding carboxylic acids is 2. The first-order valence-corrected chi connectivity index (χ1v) is 8.67. The van der Waals surface area contributed by atoms with Crippen LogP contribution in [0.2, 0.25) is 0 Å². The number of carbonyl (C=O) groups is 2. The molecule has 0 aromatic rings. The standard InChI is InChI=1S/C16H30N2O9/c1-6(20)13(24)15(10(23)5-19)27-16-12(18-9(4)22)14(25)11(7(2)26-16)17-8(3)21/h6-7,10-16,19-20,23-25H,5H2,1-4H3,(H,17,21)(H,18,22)/t6-,7+,10+,11+,12+,13+,14-,15-,16-/m0/s1. The molecule has 7 N–H and O–H groups in total. The Morgan fingerprint density at radius 2 is 1.63 bits per heavy atom. The van der Waals surface area contributed by atoms with Crippen LogP contribution in [0.1, 0.15) is 27.7 Å². The van der Waals surface area contributed by atoms with Crippen molar-refractivity contribution in [1.82, 2.24) is 10.6 Å². The number of hydrogen-bond acceptors (Lipinski definition) is 9. The topological polar surface area (TPSA) is 178 Å². The molecular weight excluding hydrogens is 364 g/mol. The highest BCUT2D eigenvalue weighted by molar-refractivity contribution is 5.74. The number of ether oxygens (including phenoxy) is 2. The van der Waals surface area contributed by atoms with E-state index in [0.29, 0.717) is 0 Å². The number of aliphatic hydroxyl groups is 5. The highest BCUT2D eigenvalue weighted by atomic mass is 16.7. The van der Waals surface area contributed by atoms with Crippen LogP contribution in [0.5, 0.6) is 0 Å². The van der Waals surface area contributed by atoms with E-state index in [9.17, 15) is 35.1 Å². The minimum Gasteiger partial charge on any atom is -0.394 e. The summed E-state index contributed by atoms with van der Waals surface area (Å²) in [5.41, 5.74) is 0. The van der Waals surface area contributed by atoms with Crippen molar-refractivity contribution in [3.8, 4) is 0 Å². The molecule has 0 aromatic heterocycles. The van der Waals surface area contributed by atoms with E-state index in [1.54, 1.807) is 6.92 Å². The van der Waals surface area contributed by atoms with Crippen LogP contribution < -0.4 is 10.6 Å². The average molecular weight is 394 g/mol. The van der Waals surface area contributed by atoms with Gasteiger partial charge in [0.05, 0.1) is 24.9 Å². The van der Waals surface area contributed by atoms with E-state index in [-0.39, 0.29) is 0 Å². The largest absolute Gasteiger partial charge is 0.394 e. The minimum absolute atomic E-state index is 0.409. The summed E-state index contributed by atoms with van der Waals surface area (Å²) in [7, 11) is 0. The first-order valence-electron chi connectivity index (χ1n) is 8.67. The molecular formula is C16H30N2O9. The molecule has 1 aliphatic rings. The Morgan fingerprint density at radius 1 is 1.11 bits per heavy atom. The number of amides is 2. The van der Waals surface area contributed by atoms with E-state index in [4.69, 9.17) is 9.47 Å². The van der Waals surface area contributed by atoms with Gasteiger partial charge >= 0.3 is 0 Å². The zero-order valence-corrected chi connectivity index (χ0v) is 15.8. The molecule has 11 nitrogen and oxygen atoms in total. The van der Waals surface area contributed by atoms with Gasteiger partial charge in [0.1, 0.15) is 30.5 Å². The third-order valence-corrected chi connectivity index (χ3v) is 4.31. The van der Waals surface area contributed by atoms with Crippen molar-refractivity contribution in [3.63, 3.8) is 0 Å². The Bertz CT molecular complexity index is 504. The normalized spacial score (nSPS) is 32.9. The number of rotatable bonds is 8. The van der Waals surface area contributed by atoms with Crippen LogP contribution in [0.15, 0.2) is 0 Å². The van der Waals surface area contributed by atoms with Crippen LogP contribution in [-0.4, -0.2) is 99.0 Å². The second kappa shape index (κ2) is 10.3. The lowest BCUT2D eigenvalue weighted by Gasteiger charge is -2.45. The van der Waals surface area contributed by atoms with Gasteiger partial charge in [-0.1, -0.05) is 0 Å². The van der Waals surface area contributed by atoms with Gasteiger partial charge in [-0.3, -0.25) is 9.59 Å². The number of hydrogen-bond donors (Lipinski definition) is 7. The van der Waals surface area contributed by atoms with E-state index in [1.165, 1.54) is 20.8 Å². The smallest absolute Gasteiger partial charge is 0.217 e. The summed E-state index contributed by atoms with van der Waals surface area (Å²) < 4.78 is 11.2. The maximum atomic E-state index is 11.5. The molecule has 9 atom stereocenters. The average Bonchev–Trinajstić information content (AvgIpc) is 2.57. The summed E-state index contributed by atoms with van der Waals surface area (Å²) >= 11 is 0. The fraction of sp³-hybridized carbons (Fsp3) is 0.875. The third-order valence-electron chi connectivity index (χ3n) is 4.31. The molecule has 1 rings (SSSR count). The summed E-state index contributed by atoms with van der Waals surface area (Å²) in [6.45, 7) is 4.54. The van der Waals surface area contributed by atoms with Crippen LogP contribution in [0, 0.1) is 0 Å². The Balaban J connectivity index is 3.09. The first kappa shape index (κ1) is 23.7. The second-order valence-corrected chi connectivity index (χ2v) is 6.73. The van der Waals surface area contributed by atoms with Crippen LogP contribution in [-0.2, 0) is 19.1 Å². The maximum Gasteiger partial charge on any atom is 0.217 e. The SMILES string of the molecule is CC(=O)N[C@H]1[C@H](O[C@H]([C@H](O)[C@H](C)O)[C@H](O)CO)O[C@H](C)[C@@H](NC(C)=O)[C@@H]1O. The zero-order chi connectivity index (χ0) is 20.9. The third kappa shape index (κ3) is 6.35. The Labute approximate surface area is 157 Å². The van der Waals surface area contributed by atoms with Crippen molar-refractivity contribution < 1.29 is 44.6 Å². The van der Waals surface area contributed by atoms with Crippen LogP contribution in [0.4, 0.5) is 0 Å². The first-order chi connectivity index (χ1) is 12.5. The fourth-order valence-corrected chi connectivity index (χ4v) is 2.92. The van der Waals surface area contributed by atoms with Crippen molar-refractivity contribution in [1.29, 1.82) is 0 Å². The molecule has 1 fully saturated rings. The van der Waals surface area contributed by atoms with Crippen LogP contribution in [0.25, 0.3) is 0 Å². The molecule has 0 aliphatic carbocycles. The summed E-state index contributed by atoms with van der Waals surface area (Å²) in [6.07, 6.45) is -9.27. The van der Waals surface area contributed by atoms with E-state index in [2.05, 4.69) is 10.6 Å². The van der Waals surface area contributed by atoms with Crippen molar-refractivity contribution in [2.75, 3.05) is 6.61 Å². The molecule has 0 bridgehead atoms. The predicted octanol–water partition coefficient (Wildman–Crippen LogP) is -3.42. The van der Waals surface area contributed by atoms with Gasteiger partial charge in [-0.25, -0.2) is 0 Å². The second-order valence-electron chi connectivity index (χ2n) is 6.73. The van der Waals surface area contributed by atoms with Gasteiger partial charge in [0.15, 0.2) is 6.29 Å². The Hall–Kier alpha value is -1.34. The lowest BCUT2D eigenvalue weighted by Crippen LogP contribution is -2.68. The highest BCUT2D eigenvalue weighted by Gasteiger charge is 2.47. The summed E-state index contributed by atoms with van der Waals surface area (Å²) in [5.74, 6) is -0.920. The van der Waals surface area contributed by atoms with Crippen LogP contribution in [0.3, 0.4) is 0 Å². The van der Waals surface area contributed by atoms with Gasteiger partial charge < -0.3 is 45.6 Å². The van der Waals surface area contributed by atoms with E-state index < -0.39 is 73.4 Å². The molecule has 158 valence electrons. The number of aliphatic hydroxyl groups excluding tert-OH is 5. The van der Waals surface area contributed by atoms with Gasteiger partial charge in [-0.2, -0.15) is 0 Å². The molecule has 2 amide bonds. The van der Waals surface area contributed by atoms with Gasteiger partial charge in [-0.15, -0.1) is 0 Å². The summed E-state index contributed by atoms with van der Waals surface area (Å²) in [4.78, 5) is 22.9. The highest BCUT2D eigenvalue weighted by Crippen LogP contribution is 2.25. The van der Waals surface area contributed by atoms with Gasteiger partial charge in [0, 0.05) is 13.8 Å². The lowest BCUT2D eigenvalue weighted by atomic mass is 9.94. The van der Waals surface area contributed by atoms with Gasteiger partial charge in [0.25, 0.3) is 0 Å².